The van der Waals surface area contributed by atoms with Gasteiger partial charge in [-0.2, -0.15) is 0 Å². The van der Waals surface area contributed by atoms with Gasteiger partial charge < -0.3 is 14.2 Å². The monoisotopic (exact) mass is 494 g/mol. The molecule has 3 aromatic rings. The molecule has 0 saturated carbocycles. The molecule has 1 aliphatic heterocycles. The van der Waals surface area contributed by atoms with E-state index in [1.807, 2.05) is 42.5 Å². The van der Waals surface area contributed by atoms with Crippen molar-refractivity contribution in [3.8, 4) is 17.2 Å². The fraction of sp³-hybridized carbons (Fsp3) is 0.310. The van der Waals surface area contributed by atoms with E-state index < -0.39 is 0 Å². The van der Waals surface area contributed by atoms with Gasteiger partial charge in [-0.1, -0.05) is 36.4 Å². The van der Waals surface area contributed by atoms with Crippen LogP contribution in [0.15, 0.2) is 66.7 Å². The van der Waals surface area contributed by atoms with Gasteiger partial charge in [-0.3, -0.25) is 9.80 Å². The van der Waals surface area contributed by atoms with Crippen LogP contribution in [0.4, 0.5) is 8.78 Å². The Morgan fingerprint density at radius 1 is 0.722 bits per heavy atom. The highest BCUT2D eigenvalue weighted by molar-refractivity contribution is 5.66. The molecule has 0 N–H and O–H groups in total. The number of methoxy groups -OCH3 is 3. The van der Waals surface area contributed by atoms with E-state index in [2.05, 4.69) is 15.9 Å². The third-order valence-electron chi connectivity index (χ3n) is 6.54. The zero-order valence-electron chi connectivity index (χ0n) is 20.9. The van der Waals surface area contributed by atoms with Gasteiger partial charge in [0.25, 0.3) is 0 Å². The number of ether oxygens (including phenoxy) is 3. The molecule has 36 heavy (non-hydrogen) atoms. The van der Waals surface area contributed by atoms with Crippen molar-refractivity contribution < 1.29 is 23.0 Å². The lowest BCUT2D eigenvalue weighted by atomic mass is 9.96. The molecule has 0 radical (unpaired) electrons. The first kappa shape index (κ1) is 25.7. The van der Waals surface area contributed by atoms with E-state index in [0.29, 0.717) is 17.2 Å². The Labute approximate surface area is 211 Å². The average molecular weight is 495 g/mol. The maximum atomic E-state index is 13.6. The maximum Gasteiger partial charge on any atom is 0.203 e. The highest BCUT2D eigenvalue weighted by Gasteiger charge is 2.26. The minimum absolute atomic E-state index is 0.0556. The number of nitrogens with zero attached hydrogens (tertiary/aromatic N) is 2. The lowest BCUT2D eigenvalue weighted by Gasteiger charge is -2.39. The quantitative estimate of drug-likeness (QED) is 0.397. The summed E-state index contributed by atoms with van der Waals surface area (Å²) >= 11 is 0. The predicted molar refractivity (Wildman–Crippen MR) is 138 cm³/mol. The zero-order chi connectivity index (χ0) is 25.5. The molecule has 7 heteroatoms. The van der Waals surface area contributed by atoms with Crippen molar-refractivity contribution in [3.63, 3.8) is 0 Å². The highest BCUT2D eigenvalue weighted by Crippen LogP contribution is 2.40. The predicted octanol–water partition coefficient (Wildman–Crippen LogP) is 5.41. The third kappa shape index (κ3) is 5.86. The van der Waals surface area contributed by atoms with E-state index in [-0.39, 0.29) is 17.7 Å². The number of rotatable bonds is 9. The zero-order valence-corrected chi connectivity index (χ0v) is 20.9. The normalized spacial score (nSPS) is 14.9. The molecule has 4 rings (SSSR count). The lowest BCUT2D eigenvalue weighted by Crippen LogP contribution is -2.47. The molecule has 1 heterocycles. The average Bonchev–Trinajstić information content (AvgIpc) is 2.91. The van der Waals surface area contributed by atoms with Crippen molar-refractivity contribution >= 4 is 6.08 Å². The molecule has 3 aromatic carbocycles. The standard InChI is InChI=1S/C29H32F2N2O3/c1-34-26-15-10-23(28(35-2)29(26)36-3)5-4-16-32-17-19-33(20-18-32)27(21-6-11-24(30)12-7-21)22-8-13-25(31)14-9-22/h4-15,27H,16-20H2,1-3H3. The molecule has 1 aliphatic rings. The van der Waals surface area contributed by atoms with E-state index in [1.165, 1.54) is 24.3 Å². The van der Waals surface area contributed by atoms with Gasteiger partial charge in [0.05, 0.1) is 27.4 Å². The minimum atomic E-state index is -0.265. The van der Waals surface area contributed by atoms with Gasteiger partial charge in [0.1, 0.15) is 11.6 Å². The smallest absolute Gasteiger partial charge is 0.203 e. The fourth-order valence-electron chi connectivity index (χ4n) is 4.69. The number of hydrogen-bond donors (Lipinski definition) is 0. The van der Waals surface area contributed by atoms with Crippen molar-refractivity contribution in [2.24, 2.45) is 0 Å². The van der Waals surface area contributed by atoms with Gasteiger partial charge in [0.15, 0.2) is 11.5 Å². The van der Waals surface area contributed by atoms with E-state index in [4.69, 9.17) is 14.2 Å². The number of halogens is 2. The number of hydrogen-bond acceptors (Lipinski definition) is 5. The number of benzene rings is 3. The van der Waals surface area contributed by atoms with E-state index in [0.717, 1.165) is 49.4 Å². The second-order valence-corrected chi connectivity index (χ2v) is 8.67. The largest absolute Gasteiger partial charge is 0.493 e. The third-order valence-corrected chi connectivity index (χ3v) is 6.54. The van der Waals surface area contributed by atoms with Crippen LogP contribution in [-0.4, -0.2) is 63.9 Å². The van der Waals surface area contributed by atoms with Crippen LogP contribution < -0.4 is 14.2 Å². The maximum absolute atomic E-state index is 13.6. The summed E-state index contributed by atoms with van der Waals surface area (Å²) in [5, 5.41) is 0. The number of piperazine rings is 1. The van der Waals surface area contributed by atoms with Crippen molar-refractivity contribution in [2.45, 2.75) is 6.04 Å². The first-order chi connectivity index (χ1) is 17.5. The second-order valence-electron chi connectivity index (χ2n) is 8.67. The molecule has 190 valence electrons. The molecular formula is C29H32F2N2O3. The summed E-state index contributed by atoms with van der Waals surface area (Å²) in [6, 6.07) is 16.9. The minimum Gasteiger partial charge on any atom is -0.493 e. The van der Waals surface area contributed by atoms with Gasteiger partial charge >= 0.3 is 0 Å². The molecule has 0 unspecified atom stereocenters. The van der Waals surface area contributed by atoms with Crippen LogP contribution in [-0.2, 0) is 0 Å². The summed E-state index contributed by atoms with van der Waals surface area (Å²) in [6.45, 7) is 4.24. The summed E-state index contributed by atoms with van der Waals surface area (Å²) in [7, 11) is 4.81. The van der Waals surface area contributed by atoms with Gasteiger partial charge in [0.2, 0.25) is 5.75 Å². The van der Waals surface area contributed by atoms with Gasteiger partial charge in [-0.15, -0.1) is 0 Å². The molecule has 0 amide bonds. The topological polar surface area (TPSA) is 34.2 Å². The Morgan fingerprint density at radius 2 is 1.28 bits per heavy atom. The molecule has 0 spiro atoms. The van der Waals surface area contributed by atoms with Crippen LogP contribution in [0, 0.1) is 11.6 Å². The van der Waals surface area contributed by atoms with E-state index >= 15 is 0 Å². The summed E-state index contributed by atoms with van der Waals surface area (Å²) in [5.74, 6) is 1.31. The molecule has 0 aromatic heterocycles. The summed E-state index contributed by atoms with van der Waals surface area (Å²) in [4.78, 5) is 4.75. The van der Waals surface area contributed by atoms with Gasteiger partial charge in [-0.25, -0.2) is 8.78 Å². The Hall–Kier alpha value is -3.42. The van der Waals surface area contributed by atoms with Crippen LogP contribution in [0.5, 0.6) is 17.2 Å². The van der Waals surface area contributed by atoms with Crippen molar-refractivity contribution in [1.29, 1.82) is 0 Å². The van der Waals surface area contributed by atoms with Crippen LogP contribution in [0.2, 0.25) is 0 Å². The Bertz CT molecular complexity index is 1110. The van der Waals surface area contributed by atoms with Crippen LogP contribution in [0.1, 0.15) is 22.7 Å². The Kier molecular flexibility index (Phi) is 8.57. The Balaban J connectivity index is 1.43. The fourth-order valence-corrected chi connectivity index (χ4v) is 4.69. The molecule has 1 fully saturated rings. The van der Waals surface area contributed by atoms with Crippen molar-refractivity contribution in [1.82, 2.24) is 9.80 Å². The molecular weight excluding hydrogens is 462 g/mol. The Morgan fingerprint density at radius 3 is 1.78 bits per heavy atom. The molecule has 0 aliphatic carbocycles. The van der Waals surface area contributed by atoms with Crippen molar-refractivity contribution in [3.05, 3.63) is 95.1 Å². The molecule has 0 bridgehead atoms. The molecule has 5 nitrogen and oxygen atoms in total. The van der Waals surface area contributed by atoms with Crippen molar-refractivity contribution in [2.75, 3.05) is 54.1 Å². The summed E-state index contributed by atoms with van der Waals surface area (Å²) in [6.07, 6.45) is 4.16. The van der Waals surface area contributed by atoms with E-state index in [9.17, 15) is 8.78 Å². The van der Waals surface area contributed by atoms with Gasteiger partial charge in [0, 0.05) is 38.3 Å². The van der Waals surface area contributed by atoms with Crippen LogP contribution >= 0.6 is 0 Å². The lowest BCUT2D eigenvalue weighted by molar-refractivity contribution is 0.118. The SMILES string of the molecule is COc1ccc(C=CCN2CCN(C(c3ccc(F)cc3)c3ccc(F)cc3)CC2)c(OC)c1OC. The van der Waals surface area contributed by atoms with Crippen LogP contribution in [0.25, 0.3) is 6.08 Å². The molecule has 1 saturated heterocycles. The first-order valence-electron chi connectivity index (χ1n) is 12.0. The summed E-state index contributed by atoms with van der Waals surface area (Å²) in [5.41, 5.74) is 2.91. The van der Waals surface area contributed by atoms with E-state index in [1.54, 1.807) is 21.3 Å². The highest BCUT2D eigenvalue weighted by atomic mass is 19.1. The second kappa shape index (κ2) is 12.0. The van der Waals surface area contributed by atoms with Gasteiger partial charge in [-0.05, 0) is 47.5 Å². The summed E-state index contributed by atoms with van der Waals surface area (Å²) < 4.78 is 43.5. The van der Waals surface area contributed by atoms with Crippen LogP contribution in [0.3, 0.4) is 0 Å². The molecule has 0 atom stereocenters. The first-order valence-corrected chi connectivity index (χ1v) is 12.0.